The minimum Gasteiger partial charge on any atom is -0.394 e. The van der Waals surface area contributed by atoms with Crippen molar-refractivity contribution in [1.82, 2.24) is 5.32 Å². The fraction of sp³-hybridized carbons (Fsp3) is 0.714. The number of aliphatic hydroxyl groups excluding tert-OH is 2. The first-order chi connectivity index (χ1) is 5.04. The van der Waals surface area contributed by atoms with Gasteiger partial charge in [-0.1, -0.05) is 18.2 Å². The van der Waals surface area contributed by atoms with E-state index in [0.717, 1.165) is 0 Å². The zero-order valence-corrected chi connectivity index (χ0v) is 7.36. The van der Waals surface area contributed by atoms with Crippen molar-refractivity contribution < 1.29 is 10.2 Å². The molecule has 0 radical (unpaired) electrons. The molecule has 0 bridgehead atoms. The van der Waals surface area contributed by atoms with Gasteiger partial charge < -0.3 is 15.5 Å². The largest absolute Gasteiger partial charge is 0.394 e. The van der Waals surface area contributed by atoms with Crippen molar-refractivity contribution in [3.05, 3.63) is 11.6 Å². The predicted molar refractivity (Wildman–Crippen MR) is 45.6 cm³/mol. The van der Waals surface area contributed by atoms with Crippen LogP contribution in [0.25, 0.3) is 0 Å². The number of rotatable bonds is 5. The van der Waals surface area contributed by atoms with Crippen molar-refractivity contribution in [2.75, 3.05) is 19.8 Å². The average molecular weight is 180 g/mol. The summed E-state index contributed by atoms with van der Waals surface area (Å²) in [5.41, 5.74) is -0.669. The SMILES string of the molecule is C=C(Cl)CNC(C)(CO)CO. The molecule has 66 valence electrons. The Balaban J connectivity index is 3.78. The maximum Gasteiger partial charge on any atom is 0.0633 e. The zero-order valence-electron chi connectivity index (χ0n) is 6.60. The Morgan fingerprint density at radius 3 is 2.27 bits per heavy atom. The quantitative estimate of drug-likeness (QED) is 0.560. The summed E-state index contributed by atoms with van der Waals surface area (Å²) >= 11 is 5.48. The van der Waals surface area contributed by atoms with Crippen molar-refractivity contribution in [3.63, 3.8) is 0 Å². The Hall–Kier alpha value is -0.0900. The van der Waals surface area contributed by atoms with Crippen LogP contribution >= 0.6 is 11.6 Å². The van der Waals surface area contributed by atoms with Crippen LogP contribution in [0.15, 0.2) is 11.6 Å². The van der Waals surface area contributed by atoms with Crippen LogP contribution in [0.2, 0.25) is 0 Å². The van der Waals surface area contributed by atoms with Crippen LogP contribution in [0.1, 0.15) is 6.92 Å². The molecule has 0 atom stereocenters. The summed E-state index contributed by atoms with van der Waals surface area (Å²) in [6, 6.07) is 0. The highest BCUT2D eigenvalue weighted by molar-refractivity contribution is 6.29. The lowest BCUT2D eigenvalue weighted by Crippen LogP contribution is -2.49. The fourth-order valence-electron chi connectivity index (χ4n) is 0.471. The Labute approximate surface area is 71.7 Å². The number of hydrogen-bond acceptors (Lipinski definition) is 3. The molecule has 0 amide bonds. The van der Waals surface area contributed by atoms with Gasteiger partial charge in [-0.2, -0.15) is 0 Å². The third-order valence-corrected chi connectivity index (χ3v) is 1.54. The third kappa shape index (κ3) is 4.37. The van der Waals surface area contributed by atoms with E-state index in [1.165, 1.54) is 0 Å². The van der Waals surface area contributed by atoms with E-state index in [2.05, 4.69) is 11.9 Å². The van der Waals surface area contributed by atoms with Gasteiger partial charge in [-0.15, -0.1) is 0 Å². The third-order valence-electron chi connectivity index (χ3n) is 1.40. The van der Waals surface area contributed by atoms with Gasteiger partial charge in [-0.3, -0.25) is 0 Å². The van der Waals surface area contributed by atoms with Gasteiger partial charge in [0.2, 0.25) is 0 Å². The fourth-order valence-corrected chi connectivity index (χ4v) is 0.538. The van der Waals surface area contributed by atoms with E-state index in [0.29, 0.717) is 11.6 Å². The molecule has 0 aliphatic carbocycles. The maximum absolute atomic E-state index is 8.80. The number of nitrogens with one attached hydrogen (secondary N) is 1. The minimum atomic E-state index is -0.669. The van der Waals surface area contributed by atoms with Crippen molar-refractivity contribution in [3.8, 4) is 0 Å². The first-order valence-electron chi connectivity index (χ1n) is 3.34. The highest BCUT2D eigenvalue weighted by atomic mass is 35.5. The van der Waals surface area contributed by atoms with E-state index in [-0.39, 0.29) is 13.2 Å². The molecule has 0 saturated heterocycles. The molecule has 0 aliphatic heterocycles. The topological polar surface area (TPSA) is 52.5 Å². The summed E-state index contributed by atoms with van der Waals surface area (Å²) in [6.07, 6.45) is 0. The lowest BCUT2D eigenvalue weighted by Gasteiger charge is -2.25. The van der Waals surface area contributed by atoms with Crippen molar-refractivity contribution in [1.29, 1.82) is 0 Å². The molecule has 0 spiro atoms. The standard InChI is InChI=1S/C7H14ClNO2/c1-6(8)3-9-7(2,4-10)5-11/h9-11H,1,3-5H2,2H3. The normalized spacial score (nSPS) is 11.6. The van der Waals surface area contributed by atoms with Gasteiger partial charge in [0.05, 0.1) is 18.8 Å². The molecule has 0 aromatic rings. The smallest absolute Gasteiger partial charge is 0.0633 e. The van der Waals surface area contributed by atoms with Gasteiger partial charge in [-0.05, 0) is 6.92 Å². The van der Waals surface area contributed by atoms with Gasteiger partial charge in [0.25, 0.3) is 0 Å². The summed E-state index contributed by atoms with van der Waals surface area (Å²) in [5.74, 6) is 0. The molecule has 11 heavy (non-hydrogen) atoms. The number of aliphatic hydroxyl groups is 2. The number of halogens is 1. The second-order valence-electron chi connectivity index (χ2n) is 2.75. The second kappa shape index (κ2) is 4.72. The van der Waals surface area contributed by atoms with E-state index >= 15 is 0 Å². The van der Waals surface area contributed by atoms with E-state index in [1.807, 2.05) is 0 Å². The summed E-state index contributed by atoms with van der Waals surface area (Å²) < 4.78 is 0. The van der Waals surface area contributed by atoms with Gasteiger partial charge in [0.15, 0.2) is 0 Å². The lowest BCUT2D eigenvalue weighted by atomic mass is 10.1. The van der Waals surface area contributed by atoms with Crippen LogP contribution in [-0.4, -0.2) is 35.5 Å². The molecule has 0 aliphatic rings. The average Bonchev–Trinajstić information content (AvgIpc) is 2.00. The summed E-state index contributed by atoms with van der Waals surface area (Å²) in [5, 5.41) is 20.9. The van der Waals surface area contributed by atoms with Crippen molar-refractivity contribution in [2.24, 2.45) is 0 Å². The summed E-state index contributed by atoms with van der Waals surface area (Å²) in [6.45, 7) is 5.29. The molecule has 0 aromatic heterocycles. The molecule has 4 heteroatoms. The van der Waals surface area contributed by atoms with Gasteiger partial charge in [0, 0.05) is 11.6 Å². The molecule has 0 aromatic carbocycles. The van der Waals surface area contributed by atoms with Crippen LogP contribution in [0.5, 0.6) is 0 Å². The summed E-state index contributed by atoms with van der Waals surface area (Å²) in [7, 11) is 0. The zero-order chi connectivity index (χ0) is 8.91. The van der Waals surface area contributed by atoms with Crippen LogP contribution < -0.4 is 5.32 Å². The van der Waals surface area contributed by atoms with E-state index in [4.69, 9.17) is 21.8 Å². The van der Waals surface area contributed by atoms with Gasteiger partial charge in [-0.25, -0.2) is 0 Å². The monoisotopic (exact) mass is 179 g/mol. The molecule has 3 nitrogen and oxygen atoms in total. The molecule has 0 rings (SSSR count). The van der Waals surface area contributed by atoms with E-state index in [9.17, 15) is 0 Å². The highest BCUT2D eigenvalue weighted by Crippen LogP contribution is 2.02. The molecule has 0 fully saturated rings. The Morgan fingerprint density at radius 1 is 1.55 bits per heavy atom. The maximum atomic E-state index is 8.80. The Bertz CT molecular complexity index is 134. The van der Waals surface area contributed by atoms with Crippen LogP contribution in [0.4, 0.5) is 0 Å². The molecule has 0 saturated carbocycles. The van der Waals surface area contributed by atoms with E-state index < -0.39 is 5.54 Å². The predicted octanol–water partition coefficient (Wildman–Crippen LogP) is 0.0718. The van der Waals surface area contributed by atoms with E-state index in [1.54, 1.807) is 6.92 Å². The molecular formula is C7H14ClNO2. The molecule has 0 heterocycles. The van der Waals surface area contributed by atoms with Crippen molar-refractivity contribution >= 4 is 11.6 Å². The molecule has 3 N–H and O–H groups in total. The first kappa shape index (κ1) is 10.9. The first-order valence-corrected chi connectivity index (χ1v) is 3.72. The molecular weight excluding hydrogens is 166 g/mol. The van der Waals surface area contributed by atoms with Crippen LogP contribution in [0, 0.1) is 0 Å². The summed E-state index contributed by atoms with van der Waals surface area (Å²) in [4.78, 5) is 0. The Kier molecular flexibility index (Phi) is 4.68. The lowest BCUT2D eigenvalue weighted by molar-refractivity contribution is 0.107. The van der Waals surface area contributed by atoms with Crippen molar-refractivity contribution in [2.45, 2.75) is 12.5 Å². The van der Waals surface area contributed by atoms with Crippen LogP contribution in [0.3, 0.4) is 0 Å². The Morgan fingerprint density at radius 2 is 2.00 bits per heavy atom. The van der Waals surface area contributed by atoms with Gasteiger partial charge >= 0.3 is 0 Å². The highest BCUT2D eigenvalue weighted by Gasteiger charge is 2.20. The minimum absolute atomic E-state index is 0.131. The van der Waals surface area contributed by atoms with Crippen LogP contribution in [-0.2, 0) is 0 Å². The molecule has 0 unspecified atom stereocenters. The number of hydrogen-bond donors (Lipinski definition) is 3. The second-order valence-corrected chi connectivity index (χ2v) is 3.28. The van der Waals surface area contributed by atoms with Gasteiger partial charge in [0.1, 0.15) is 0 Å².